The van der Waals surface area contributed by atoms with Gasteiger partial charge in [-0.1, -0.05) is 51.3 Å². The lowest BCUT2D eigenvalue weighted by atomic mass is 9.97. The van der Waals surface area contributed by atoms with Crippen LogP contribution in [0.5, 0.6) is 0 Å². The second-order valence-electron chi connectivity index (χ2n) is 4.17. The minimum atomic E-state index is -0.564. The minimum absolute atomic E-state index is 0.313. The van der Waals surface area contributed by atoms with Crippen molar-refractivity contribution in [3.05, 3.63) is 68.4 Å². The van der Waals surface area contributed by atoms with Crippen molar-refractivity contribution in [2.75, 3.05) is 0 Å². The van der Waals surface area contributed by atoms with Crippen molar-refractivity contribution >= 4 is 27.5 Å². The molecule has 0 heterocycles. The van der Waals surface area contributed by atoms with Gasteiger partial charge in [0, 0.05) is 15.1 Å². The van der Waals surface area contributed by atoms with Gasteiger partial charge in [-0.05, 0) is 30.7 Å². The fraction of sp³-hybridized carbons (Fsp3) is 0.143. The summed E-state index contributed by atoms with van der Waals surface area (Å²) in [5.41, 5.74) is 8.23. The Balaban J connectivity index is 2.47. The van der Waals surface area contributed by atoms with Gasteiger partial charge in [0.2, 0.25) is 0 Å². The highest BCUT2D eigenvalue weighted by molar-refractivity contribution is 9.10. The Kier molecular flexibility index (Phi) is 4.05. The maximum absolute atomic E-state index is 13.8. The fourth-order valence-electron chi connectivity index (χ4n) is 1.82. The van der Waals surface area contributed by atoms with E-state index in [2.05, 4.69) is 15.9 Å². The number of benzene rings is 2. The quantitative estimate of drug-likeness (QED) is 0.856. The molecule has 0 saturated carbocycles. The summed E-state index contributed by atoms with van der Waals surface area (Å²) in [7, 11) is 0. The second kappa shape index (κ2) is 5.39. The summed E-state index contributed by atoms with van der Waals surface area (Å²) in [5, 5.41) is 0.526. The first-order valence-corrected chi connectivity index (χ1v) is 6.62. The lowest BCUT2D eigenvalue weighted by Crippen LogP contribution is -2.14. The van der Waals surface area contributed by atoms with E-state index in [1.54, 1.807) is 24.3 Å². The molecule has 1 unspecified atom stereocenters. The largest absolute Gasteiger partial charge is 0.320 e. The van der Waals surface area contributed by atoms with Crippen molar-refractivity contribution in [1.29, 1.82) is 0 Å². The lowest BCUT2D eigenvalue weighted by molar-refractivity contribution is 0.599. The molecule has 94 valence electrons. The standard InChI is InChI=1S/C14H12BrClFN/c1-8-2-5-13(17)11(6-8)14(18)10-4-3-9(15)7-12(10)16/h2-7,14H,18H2,1H3. The molecule has 0 aliphatic rings. The van der Waals surface area contributed by atoms with E-state index < -0.39 is 6.04 Å². The number of aryl methyl sites for hydroxylation is 1. The molecule has 2 aromatic rings. The van der Waals surface area contributed by atoms with Crippen LogP contribution < -0.4 is 5.73 Å². The number of halogens is 3. The van der Waals surface area contributed by atoms with Gasteiger partial charge in [0.1, 0.15) is 5.82 Å². The zero-order chi connectivity index (χ0) is 13.3. The molecule has 2 aromatic carbocycles. The predicted molar refractivity (Wildman–Crippen MR) is 76.3 cm³/mol. The molecule has 0 fully saturated rings. The van der Waals surface area contributed by atoms with E-state index in [0.717, 1.165) is 10.0 Å². The first-order valence-electron chi connectivity index (χ1n) is 5.45. The van der Waals surface area contributed by atoms with Crippen LogP contribution in [0.15, 0.2) is 40.9 Å². The van der Waals surface area contributed by atoms with Crippen molar-refractivity contribution < 1.29 is 4.39 Å². The minimum Gasteiger partial charge on any atom is -0.320 e. The molecule has 0 saturated heterocycles. The Labute approximate surface area is 119 Å². The van der Waals surface area contributed by atoms with Gasteiger partial charge in [-0.25, -0.2) is 4.39 Å². The van der Waals surface area contributed by atoms with Gasteiger partial charge in [0.05, 0.1) is 6.04 Å². The van der Waals surface area contributed by atoms with E-state index in [1.165, 1.54) is 6.07 Å². The highest BCUT2D eigenvalue weighted by atomic mass is 79.9. The Morgan fingerprint density at radius 2 is 1.89 bits per heavy atom. The van der Waals surface area contributed by atoms with Crippen LogP contribution in [0.25, 0.3) is 0 Å². The highest BCUT2D eigenvalue weighted by Crippen LogP contribution is 2.30. The average Bonchev–Trinajstić information content (AvgIpc) is 2.31. The normalized spacial score (nSPS) is 12.5. The number of hydrogen-bond acceptors (Lipinski definition) is 1. The molecule has 0 aliphatic carbocycles. The maximum atomic E-state index is 13.8. The molecular weight excluding hydrogens is 317 g/mol. The van der Waals surface area contributed by atoms with Gasteiger partial charge < -0.3 is 5.73 Å². The Hall–Kier alpha value is -0.900. The summed E-state index contributed by atoms with van der Waals surface area (Å²) in [6, 6.07) is 9.73. The van der Waals surface area contributed by atoms with Crippen molar-refractivity contribution in [3.8, 4) is 0 Å². The first kappa shape index (κ1) is 13.5. The average molecular weight is 329 g/mol. The van der Waals surface area contributed by atoms with Gasteiger partial charge in [-0.15, -0.1) is 0 Å². The van der Waals surface area contributed by atoms with Gasteiger partial charge in [-0.2, -0.15) is 0 Å². The Bertz CT molecular complexity index is 586. The van der Waals surface area contributed by atoms with Crippen molar-refractivity contribution in [2.24, 2.45) is 5.73 Å². The molecule has 1 atom stereocenters. The van der Waals surface area contributed by atoms with Crippen molar-refractivity contribution in [2.45, 2.75) is 13.0 Å². The van der Waals surface area contributed by atoms with E-state index >= 15 is 0 Å². The Morgan fingerprint density at radius 1 is 1.17 bits per heavy atom. The number of rotatable bonds is 2. The molecule has 18 heavy (non-hydrogen) atoms. The molecule has 0 aliphatic heterocycles. The van der Waals surface area contributed by atoms with Crippen LogP contribution >= 0.6 is 27.5 Å². The summed E-state index contributed by atoms with van der Waals surface area (Å²) in [6.07, 6.45) is 0. The van der Waals surface area contributed by atoms with Crippen LogP contribution in [0, 0.1) is 12.7 Å². The van der Waals surface area contributed by atoms with E-state index in [-0.39, 0.29) is 5.82 Å². The third-order valence-corrected chi connectivity index (χ3v) is 3.60. The molecule has 4 heteroatoms. The third-order valence-electron chi connectivity index (χ3n) is 2.78. The number of nitrogens with two attached hydrogens (primary N) is 1. The van der Waals surface area contributed by atoms with E-state index in [9.17, 15) is 4.39 Å². The SMILES string of the molecule is Cc1ccc(F)c(C(N)c2ccc(Br)cc2Cl)c1. The molecule has 1 nitrogen and oxygen atoms in total. The molecule has 0 amide bonds. The summed E-state index contributed by atoms with van der Waals surface area (Å²) in [4.78, 5) is 0. The van der Waals surface area contributed by atoms with Crippen LogP contribution in [0.2, 0.25) is 5.02 Å². The van der Waals surface area contributed by atoms with Gasteiger partial charge in [0.15, 0.2) is 0 Å². The topological polar surface area (TPSA) is 26.0 Å². The second-order valence-corrected chi connectivity index (χ2v) is 5.49. The van der Waals surface area contributed by atoms with Crippen LogP contribution in [-0.4, -0.2) is 0 Å². The third kappa shape index (κ3) is 2.74. The fourth-order valence-corrected chi connectivity index (χ4v) is 2.61. The zero-order valence-electron chi connectivity index (χ0n) is 9.75. The van der Waals surface area contributed by atoms with Crippen LogP contribution in [0.3, 0.4) is 0 Å². The van der Waals surface area contributed by atoms with Crippen LogP contribution in [-0.2, 0) is 0 Å². The highest BCUT2D eigenvalue weighted by Gasteiger charge is 2.16. The van der Waals surface area contributed by atoms with E-state index in [4.69, 9.17) is 17.3 Å². The van der Waals surface area contributed by atoms with E-state index in [0.29, 0.717) is 16.1 Å². The Morgan fingerprint density at radius 3 is 2.56 bits per heavy atom. The smallest absolute Gasteiger partial charge is 0.128 e. The summed E-state index contributed by atoms with van der Waals surface area (Å²) < 4.78 is 14.7. The van der Waals surface area contributed by atoms with Crippen LogP contribution in [0.1, 0.15) is 22.7 Å². The molecule has 2 N–H and O–H groups in total. The van der Waals surface area contributed by atoms with Gasteiger partial charge >= 0.3 is 0 Å². The molecule has 2 rings (SSSR count). The maximum Gasteiger partial charge on any atom is 0.128 e. The zero-order valence-corrected chi connectivity index (χ0v) is 12.1. The van der Waals surface area contributed by atoms with Gasteiger partial charge in [-0.3, -0.25) is 0 Å². The van der Waals surface area contributed by atoms with Crippen molar-refractivity contribution in [1.82, 2.24) is 0 Å². The number of hydrogen-bond donors (Lipinski definition) is 1. The van der Waals surface area contributed by atoms with Gasteiger partial charge in [0.25, 0.3) is 0 Å². The molecular formula is C14H12BrClFN. The summed E-state index contributed by atoms with van der Waals surface area (Å²) >= 11 is 9.46. The molecule has 0 aromatic heterocycles. The molecule has 0 spiro atoms. The molecule has 0 radical (unpaired) electrons. The first-order chi connectivity index (χ1) is 8.49. The molecule has 0 bridgehead atoms. The van der Waals surface area contributed by atoms with E-state index in [1.807, 2.05) is 13.0 Å². The monoisotopic (exact) mass is 327 g/mol. The summed E-state index contributed by atoms with van der Waals surface area (Å²) in [5.74, 6) is -0.313. The lowest BCUT2D eigenvalue weighted by Gasteiger charge is -2.16. The van der Waals surface area contributed by atoms with Crippen molar-refractivity contribution in [3.63, 3.8) is 0 Å². The summed E-state index contributed by atoms with van der Waals surface area (Å²) in [6.45, 7) is 1.90. The van der Waals surface area contributed by atoms with Crippen LogP contribution in [0.4, 0.5) is 4.39 Å². The predicted octanol–water partition coefficient (Wildman–Crippen LogP) is 4.60.